The van der Waals surface area contributed by atoms with Crippen LogP contribution in [0.4, 0.5) is 0 Å². The molecule has 1 aliphatic carbocycles. The Bertz CT molecular complexity index is 261. The van der Waals surface area contributed by atoms with Crippen molar-refractivity contribution in [2.75, 3.05) is 20.3 Å². The van der Waals surface area contributed by atoms with Gasteiger partial charge in [0.1, 0.15) is 0 Å². The predicted molar refractivity (Wildman–Crippen MR) is 58.0 cm³/mol. The molecule has 1 aliphatic rings. The number of rotatable bonds is 7. The van der Waals surface area contributed by atoms with Gasteiger partial charge in [0.05, 0.1) is 12.0 Å². The van der Waals surface area contributed by atoms with Gasteiger partial charge in [-0.2, -0.15) is 0 Å². The molecule has 0 unspecified atom stereocenters. The third kappa shape index (κ3) is 3.20. The first-order valence-electron chi connectivity index (χ1n) is 5.60. The van der Waals surface area contributed by atoms with Crippen LogP contribution in [-0.4, -0.2) is 37.2 Å². The highest BCUT2D eigenvalue weighted by molar-refractivity contribution is 5.83. The SMILES string of the molecule is COCC1(C(=O)NCCCC(=O)O)CCC1. The second-order valence-electron chi connectivity index (χ2n) is 4.32. The minimum atomic E-state index is -0.829. The van der Waals surface area contributed by atoms with Crippen LogP contribution in [0.1, 0.15) is 32.1 Å². The predicted octanol–water partition coefficient (Wildman–Crippen LogP) is 0.784. The van der Waals surface area contributed by atoms with E-state index >= 15 is 0 Å². The van der Waals surface area contributed by atoms with Crippen molar-refractivity contribution in [3.63, 3.8) is 0 Å². The number of methoxy groups -OCH3 is 1. The highest BCUT2D eigenvalue weighted by Gasteiger charge is 2.43. The molecule has 0 aromatic rings. The van der Waals surface area contributed by atoms with E-state index in [0.717, 1.165) is 19.3 Å². The van der Waals surface area contributed by atoms with Gasteiger partial charge in [-0.15, -0.1) is 0 Å². The molecule has 1 saturated carbocycles. The number of carboxylic acid groups (broad SMARTS) is 1. The average molecular weight is 229 g/mol. The number of carbonyl (C=O) groups is 2. The van der Waals surface area contributed by atoms with E-state index in [4.69, 9.17) is 9.84 Å². The van der Waals surface area contributed by atoms with Crippen LogP contribution in [0.2, 0.25) is 0 Å². The maximum Gasteiger partial charge on any atom is 0.303 e. The first-order valence-corrected chi connectivity index (χ1v) is 5.60. The number of nitrogens with one attached hydrogen (secondary N) is 1. The van der Waals surface area contributed by atoms with Gasteiger partial charge in [-0.1, -0.05) is 6.42 Å². The summed E-state index contributed by atoms with van der Waals surface area (Å²) in [6.45, 7) is 0.883. The van der Waals surface area contributed by atoms with Crippen LogP contribution in [0.3, 0.4) is 0 Å². The van der Waals surface area contributed by atoms with Gasteiger partial charge < -0.3 is 15.2 Å². The quantitative estimate of drug-likeness (QED) is 0.633. The topological polar surface area (TPSA) is 75.6 Å². The van der Waals surface area contributed by atoms with Gasteiger partial charge in [0.2, 0.25) is 5.91 Å². The Morgan fingerprint density at radius 1 is 1.44 bits per heavy atom. The Morgan fingerprint density at radius 2 is 2.12 bits per heavy atom. The second-order valence-corrected chi connectivity index (χ2v) is 4.32. The molecule has 2 N–H and O–H groups in total. The molecule has 0 radical (unpaired) electrons. The lowest BCUT2D eigenvalue weighted by Crippen LogP contribution is -2.48. The van der Waals surface area contributed by atoms with Crippen LogP contribution in [-0.2, 0) is 14.3 Å². The number of aliphatic carboxylic acids is 1. The fourth-order valence-electron chi connectivity index (χ4n) is 1.95. The summed E-state index contributed by atoms with van der Waals surface area (Å²) in [6.07, 6.45) is 3.37. The Kier molecular flexibility index (Phi) is 4.73. The lowest BCUT2D eigenvalue weighted by atomic mass is 9.68. The number of hydrogen-bond donors (Lipinski definition) is 2. The number of hydrogen-bond acceptors (Lipinski definition) is 3. The first kappa shape index (κ1) is 13.0. The van der Waals surface area contributed by atoms with Crippen molar-refractivity contribution >= 4 is 11.9 Å². The molecular weight excluding hydrogens is 210 g/mol. The number of carboxylic acids is 1. The fraction of sp³-hybridized carbons (Fsp3) is 0.818. The summed E-state index contributed by atoms with van der Waals surface area (Å²) < 4.78 is 5.06. The molecular formula is C11H19NO4. The molecule has 5 nitrogen and oxygen atoms in total. The van der Waals surface area contributed by atoms with Gasteiger partial charge >= 0.3 is 5.97 Å². The van der Waals surface area contributed by atoms with E-state index in [2.05, 4.69) is 5.32 Å². The van der Waals surface area contributed by atoms with Gasteiger partial charge in [0.25, 0.3) is 0 Å². The van der Waals surface area contributed by atoms with Crippen LogP contribution in [0.15, 0.2) is 0 Å². The van der Waals surface area contributed by atoms with Crippen molar-refractivity contribution in [3.05, 3.63) is 0 Å². The number of ether oxygens (including phenoxy) is 1. The standard InChI is InChI=1S/C11H19NO4/c1-16-8-11(5-3-6-11)10(15)12-7-2-4-9(13)14/h2-8H2,1H3,(H,12,15)(H,13,14). The molecule has 1 rings (SSSR count). The summed E-state index contributed by atoms with van der Waals surface area (Å²) in [7, 11) is 1.60. The Labute approximate surface area is 95.2 Å². The molecule has 5 heteroatoms. The highest BCUT2D eigenvalue weighted by atomic mass is 16.5. The summed E-state index contributed by atoms with van der Waals surface area (Å²) in [4.78, 5) is 22.1. The van der Waals surface area contributed by atoms with E-state index < -0.39 is 5.97 Å². The molecule has 0 saturated heterocycles. The Morgan fingerprint density at radius 3 is 2.56 bits per heavy atom. The Hall–Kier alpha value is -1.10. The lowest BCUT2D eigenvalue weighted by Gasteiger charge is -2.39. The zero-order chi connectivity index (χ0) is 12.0. The summed E-state index contributed by atoms with van der Waals surface area (Å²) in [5.74, 6) is -0.824. The normalized spacial score (nSPS) is 17.6. The van der Waals surface area contributed by atoms with E-state index in [-0.39, 0.29) is 17.7 Å². The van der Waals surface area contributed by atoms with Crippen molar-refractivity contribution in [1.29, 1.82) is 0 Å². The van der Waals surface area contributed by atoms with Crippen LogP contribution in [0.25, 0.3) is 0 Å². The van der Waals surface area contributed by atoms with Crippen LogP contribution in [0.5, 0.6) is 0 Å². The van der Waals surface area contributed by atoms with E-state index in [0.29, 0.717) is 19.6 Å². The molecule has 0 aromatic carbocycles. The maximum absolute atomic E-state index is 11.8. The summed E-state index contributed by atoms with van der Waals surface area (Å²) in [5, 5.41) is 11.2. The fourth-order valence-corrected chi connectivity index (χ4v) is 1.95. The zero-order valence-corrected chi connectivity index (χ0v) is 9.62. The van der Waals surface area contributed by atoms with Crippen LogP contribution < -0.4 is 5.32 Å². The largest absolute Gasteiger partial charge is 0.481 e. The second kappa shape index (κ2) is 5.84. The van der Waals surface area contributed by atoms with Crippen molar-refractivity contribution in [3.8, 4) is 0 Å². The number of amides is 1. The highest BCUT2D eigenvalue weighted by Crippen LogP contribution is 2.41. The van der Waals surface area contributed by atoms with Crippen molar-refractivity contribution in [1.82, 2.24) is 5.32 Å². The van der Waals surface area contributed by atoms with Crippen LogP contribution in [0, 0.1) is 5.41 Å². The van der Waals surface area contributed by atoms with E-state index in [1.807, 2.05) is 0 Å². The first-order chi connectivity index (χ1) is 7.60. The molecule has 16 heavy (non-hydrogen) atoms. The molecule has 0 aliphatic heterocycles. The molecule has 0 bridgehead atoms. The minimum Gasteiger partial charge on any atom is -0.481 e. The zero-order valence-electron chi connectivity index (χ0n) is 9.62. The summed E-state index contributed by atoms with van der Waals surface area (Å²) in [6, 6.07) is 0. The van der Waals surface area contributed by atoms with E-state index in [1.54, 1.807) is 7.11 Å². The minimum absolute atomic E-state index is 0.00555. The smallest absolute Gasteiger partial charge is 0.303 e. The summed E-state index contributed by atoms with van der Waals surface area (Å²) >= 11 is 0. The molecule has 92 valence electrons. The van der Waals surface area contributed by atoms with Crippen molar-refractivity contribution in [2.24, 2.45) is 5.41 Å². The molecule has 0 atom stereocenters. The van der Waals surface area contributed by atoms with Crippen molar-refractivity contribution < 1.29 is 19.4 Å². The Balaban J connectivity index is 2.25. The van der Waals surface area contributed by atoms with E-state index in [9.17, 15) is 9.59 Å². The van der Waals surface area contributed by atoms with Gasteiger partial charge in [-0.05, 0) is 19.3 Å². The van der Waals surface area contributed by atoms with Gasteiger partial charge in [0.15, 0.2) is 0 Å². The van der Waals surface area contributed by atoms with Gasteiger partial charge in [-0.3, -0.25) is 9.59 Å². The van der Waals surface area contributed by atoms with E-state index in [1.165, 1.54) is 0 Å². The molecule has 0 aromatic heterocycles. The van der Waals surface area contributed by atoms with Crippen LogP contribution >= 0.6 is 0 Å². The lowest BCUT2D eigenvalue weighted by molar-refractivity contribution is -0.141. The monoisotopic (exact) mass is 229 g/mol. The third-order valence-corrected chi connectivity index (χ3v) is 3.07. The molecule has 0 spiro atoms. The molecule has 1 amide bonds. The third-order valence-electron chi connectivity index (χ3n) is 3.07. The summed E-state index contributed by atoms with van der Waals surface area (Å²) in [5.41, 5.74) is -0.349. The van der Waals surface area contributed by atoms with Gasteiger partial charge in [0, 0.05) is 20.1 Å². The average Bonchev–Trinajstić information content (AvgIpc) is 2.17. The van der Waals surface area contributed by atoms with Gasteiger partial charge in [-0.25, -0.2) is 0 Å². The number of carbonyl (C=O) groups excluding carboxylic acids is 1. The maximum atomic E-state index is 11.8. The molecule has 1 fully saturated rings. The van der Waals surface area contributed by atoms with Crippen molar-refractivity contribution in [2.45, 2.75) is 32.1 Å². The molecule has 0 heterocycles.